The number of aryl methyl sites for hydroxylation is 1. The van der Waals surface area contributed by atoms with Crippen LogP contribution in [-0.2, 0) is 13.6 Å². The normalized spacial score (nSPS) is 13.1. The second kappa shape index (κ2) is 4.62. The second-order valence-electron chi connectivity index (χ2n) is 4.02. The summed E-state index contributed by atoms with van der Waals surface area (Å²) in [5.41, 5.74) is 0.189. The van der Waals surface area contributed by atoms with Crippen LogP contribution in [0.1, 0.15) is 19.8 Å². The van der Waals surface area contributed by atoms with Gasteiger partial charge in [0.2, 0.25) is 0 Å². The average molecular weight is 237 g/mol. The molecule has 0 aliphatic rings. The Balaban J connectivity index is 2.36. The molecule has 7 nitrogen and oxygen atoms in total. The highest BCUT2D eigenvalue weighted by Gasteiger charge is 2.12. The number of nitrogens with zero attached hydrogens (tertiary/aromatic N) is 5. The third-order valence-corrected chi connectivity index (χ3v) is 2.63. The van der Waals surface area contributed by atoms with Crippen LogP contribution in [-0.4, -0.2) is 36.0 Å². The largest absolute Gasteiger partial charge is 0.391 e. The molecule has 2 rings (SSSR count). The second-order valence-corrected chi connectivity index (χ2v) is 4.02. The first kappa shape index (κ1) is 11.7. The first-order valence-electron chi connectivity index (χ1n) is 5.57. The molecule has 0 aliphatic heterocycles. The predicted octanol–water partition coefficient (Wildman–Crippen LogP) is -0.314. The van der Waals surface area contributed by atoms with Crippen molar-refractivity contribution in [1.29, 1.82) is 0 Å². The molecular weight excluding hydrogens is 222 g/mol. The van der Waals surface area contributed by atoms with Crippen LogP contribution in [0.25, 0.3) is 11.0 Å². The van der Waals surface area contributed by atoms with Gasteiger partial charge in [0.1, 0.15) is 5.39 Å². The molecule has 17 heavy (non-hydrogen) atoms. The molecular formula is C10H15N5O2. The number of hydrogen-bond donors (Lipinski definition) is 1. The maximum absolute atomic E-state index is 12.0. The highest BCUT2D eigenvalue weighted by atomic mass is 16.3. The smallest absolute Gasteiger partial charge is 0.280 e. The lowest BCUT2D eigenvalue weighted by Crippen LogP contribution is -2.29. The summed E-state index contributed by atoms with van der Waals surface area (Å²) in [5.74, 6) is 0. The summed E-state index contributed by atoms with van der Waals surface area (Å²) in [7, 11) is 1.70. The maximum atomic E-state index is 12.0. The lowest BCUT2D eigenvalue weighted by molar-refractivity contribution is 0.136. The van der Waals surface area contributed by atoms with Gasteiger partial charge in [0.15, 0.2) is 5.65 Å². The molecule has 0 aromatic carbocycles. The Morgan fingerprint density at radius 2 is 2.29 bits per heavy atom. The molecule has 2 aromatic heterocycles. The monoisotopic (exact) mass is 237 g/mol. The van der Waals surface area contributed by atoms with Crippen molar-refractivity contribution in [3.63, 3.8) is 0 Å². The maximum Gasteiger partial charge on any atom is 0.280 e. The molecule has 92 valence electrons. The Kier molecular flexibility index (Phi) is 3.19. The Hall–Kier alpha value is -1.76. The van der Waals surface area contributed by atoms with Crippen molar-refractivity contribution in [2.24, 2.45) is 7.05 Å². The zero-order valence-corrected chi connectivity index (χ0v) is 9.87. The average Bonchev–Trinajstić information content (AvgIpc) is 2.66. The molecule has 1 N–H and O–H groups in total. The van der Waals surface area contributed by atoms with E-state index in [0.29, 0.717) is 17.5 Å². The molecule has 2 aromatic rings. The first-order chi connectivity index (χ1) is 8.13. The van der Waals surface area contributed by atoms with E-state index in [1.165, 1.54) is 15.6 Å². The van der Waals surface area contributed by atoms with Crippen LogP contribution in [0.4, 0.5) is 0 Å². The highest BCUT2D eigenvalue weighted by Crippen LogP contribution is 2.03. The minimum Gasteiger partial charge on any atom is -0.391 e. The molecule has 0 bridgehead atoms. The molecule has 7 heteroatoms. The van der Waals surface area contributed by atoms with Gasteiger partial charge in [-0.25, -0.2) is 9.36 Å². The van der Waals surface area contributed by atoms with Gasteiger partial charge in [-0.05, 0) is 6.42 Å². The summed E-state index contributed by atoms with van der Waals surface area (Å²) in [6.45, 7) is 2.15. The molecule has 1 unspecified atom stereocenters. The molecule has 0 aliphatic carbocycles. The summed E-state index contributed by atoms with van der Waals surface area (Å²) in [6, 6.07) is 0. The minimum absolute atomic E-state index is 0.171. The van der Waals surface area contributed by atoms with Gasteiger partial charge in [-0.1, -0.05) is 18.6 Å². The van der Waals surface area contributed by atoms with Crippen molar-refractivity contribution >= 4 is 11.0 Å². The third kappa shape index (κ3) is 2.19. The van der Waals surface area contributed by atoms with E-state index in [4.69, 9.17) is 0 Å². The van der Waals surface area contributed by atoms with Crippen LogP contribution in [0, 0.1) is 0 Å². The fourth-order valence-electron chi connectivity index (χ4n) is 1.72. The van der Waals surface area contributed by atoms with E-state index in [1.807, 2.05) is 6.92 Å². The predicted molar refractivity (Wildman–Crippen MR) is 61.5 cm³/mol. The van der Waals surface area contributed by atoms with Crippen LogP contribution < -0.4 is 5.56 Å². The minimum atomic E-state index is -0.568. The zero-order valence-electron chi connectivity index (χ0n) is 9.87. The molecule has 0 fully saturated rings. The summed E-state index contributed by atoms with van der Waals surface area (Å²) in [4.78, 5) is 12.0. The molecule has 0 radical (unpaired) electrons. The summed E-state index contributed by atoms with van der Waals surface area (Å²) < 4.78 is 2.68. The Bertz CT molecular complexity index is 574. The summed E-state index contributed by atoms with van der Waals surface area (Å²) in [6.07, 6.45) is 2.40. The number of aliphatic hydroxyl groups is 1. The van der Waals surface area contributed by atoms with Gasteiger partial charge in [0.05, 0.1) is 18.8 Å². The quantitative estimate of drug-likeness (QED) is 0.788. The summed E-state index contributed by atoms with van der Waals surface area (Å²) in [5, 5.41) is 21.7. The fraction of sp³-hybridized carbons (Fsp3) is 0.600. The highest BCUT2D eigenvalue weighted by molar-refractivity contribution is 5.72. The van der Waals surface area contributed by atoms with Crippen molar-refractivity contribution in [2.75, 3.05) is 0 Å². The number of aromatic nitrogens is 5. The number of fused-ring (bicyclic) bond motifs is 1. The standard InChI is InChI=1S/C10H15N5O2/c1-3-4-7(16)6-15-10(17)8-5-11-14(2)9(8)12-13-15/h5,7,16H,3-4,6H2,1-2H3. The van der Waals surface area contributed by atoms with Crippen molar-refractivity contribution in [2.45, 2.75) is 32.4 Å². The van der Waals surface area contributed by atoms with E-state index in [9.17, 15) is 9.90 Å². The summed E-state index contributed by atoms with van der Waals surface area (Å²) >= 11 is 0. The number of rotatable bonds is 4. The molecule has 2 heterocycles. The van der Waals surface area contributed by atoms with E-state index < -0.39 is 6.10 Å². The Labute approximate surface area is 97.7 Å². The van der Waals surface area contributed by atoms with E-state index in [0.717, 1.165) is 6.42 Å². The van der Waals surface area contributed by atoms with Gasteiger partial charge in [0, 0.05) is 7.05 Å². The van der Waals surface area contributed by atoms with Crippen LogP contribution in [0.2, 0.25) is 0 Å². The Morgan fingerprint density at radius 3 is 3.00 bits per heavy atom. The van der Waals surface area contributed by atoms with E-state index >= 15 is 0 Å². The van der Waals surface area contributed by atoms with Gasteiger partial charge in [0.25, 0.3) is 5.56 Å². The molecule has 0 saturated carbocycles. The van der Waals surface area contributed by atoms with E-state index in [-0.39, 0.29) is 12.1 Å². The van der Waals surface area contributed by atoms with Gasteiger partial charge in [-0.2, -0.15) is 5.10 Å². The number of aliphatic hydroxyl groups excluding tert-OH is 1. The van der Waals surface area contributed by atoms with Gasteiger partial charge < -0.3 is 5.11 Å². The van der Waals surface area contributed by atoms with Gasteiger partial charge in [-0.15, -0.1) is 5.10 Å². The lowest BCUT2D eigenvalue weighted by Gasteiger charge is -2.09. The van der Waals surface area contributed by atoms with Crippen molar-refractivity contribution in [3.05, 3.63) is 16.6 Å². The van der Waals surface area contributed by atoms with Crippen LogP contribution in [0.3, 0.4) is 0 Å². The SMILES string of the molecule is CCCC(O)Cn1nnc2c(cnn2C)c1=O. The van der Waals surface area contributed by atoms with Crippen LogP contribution in [0.5, 0.6) is 0 Å². The zero-order chi connectivity index (χ0) is 12.4. The van der Waals surface area contributed by atoms with E-state index in [2.05, 4.69) is 15.4 Å². The fourth-order valence-corrected chi connectivity index (χ4v) is 1.72. The molecule has 1 atom stereocenters. The van der Waals surface area contributed by atoms with Crippen LogP contribution in [0.15, 0.2) is 11.0 Å². The van der Waals surface area contributed by atoms with Crippen molar-refractivity contribution in [1.82, 2.24) is 24.8 Å². The van der Waals surface area contributed by atoms with E-state index in [1.54, 1.807) is 7.05 Å². The first-order valence-corrected chi connectivity index (χ1v) is 5.57. The van der Waals surface area contributed by atoms with Crippen molar-refractivity contribution in [3.8, 4) is 0 Å². The molecule has 0 amide bonds. The third-order valence-electron chi connectivity index (χ3n) is 2.63. The number of hydrogen-bond acceptors (Lipinski definition) is 5. The topological polar surface area (TPSA) is 85.8 Å². The van der Waals surface area contributed by atoms with Gasteiger partial charge in [-0.3, -0.25) is 4.79 Å². The lowest BCUT2D eigenvalue weighted by atomic mass is 10.2. The van der Waals surface area contributed by atoms with Crippen LogP contribution >= 0.6 is 0 Å². The van der Waals surface area contributed by atoms with Gasteiger partial charge >= 0.3 is 0 Å². The van der Waals surface area contributed by atoms with Crippen molar-refractivity contribution < 1.29 is 5.11 Å². The molecule has 0 saturated heterocycles. The molecule has 0 spiro atoms. The Morgan fingerprint density at radius 1 is 1.53 bits per heavy atom.